The summed E-state index contributed by atoms with van der Waals surface area (Å²) in [5.74, 6) is -0.861. The maximum absolute atomic E-state index is 12.8. The first-order valence-electron chi connectivity index (χ1n) is 10.4. The van der Waals surface area contributed by atoms with E-state index in [1.807, 2.05) is 63.8 Å². The van der Waals surface area contributed by atoms with E-state index in [1.165, 1.54) is 4.90 Å². The number of amides is 3. The monoisotopic (exact) mass is 416 g/mol. The van der Waals surface area contributed by atoms with Gasteiger partial charge in [0.05, 0.1) is 6.61 Å². The van der Waals surface area contributed by atoms with E-state index in [2.05, 4.69) is 5.11 Å². The summed E-state index contributed by atoms with van der Waals surface area (Å²) in [6.07, 6.45) is -0.646. The van der Waals surface area contributed by atoms with Gasteiger partial charge >= 0.3 is 11.8 Å². The van der Waals surface area contributed by atoms with Crippen LogP contribution in [0.15, 0.2) is 29.4 Å². The van der Waals surface area contributed by atoms with Crippen molar-refractivity contribution in [3.05, 3.63) is 24.3 Å². The molecular weight excluding hydrogens is 386 g/mol. The first-order valence-corrected chi connectivity index (χ1v) is 10.4. The molecule has 162 valence electrons. The minimum Gasteiger partial charge on any atom is -0.494 e. The standard InChI is InChI=1S/C21H30N5O4/c1-6-30-17-9-7-16(8-10-17)23-11-12-24-19(28)20(29)25(22-21(23)24)13-18(27)26(14(2)3)15(4)5/h7-10,14-15,21H,6,11-13H2,1-5H3/q+1. The van der Waals surface area contributed by atoms with E-state index in [1.54, 1.807) is 4.90 Å². The third-order valence-corrected chi connectivity index (χ3v) is 5.23. The molecule has 0 bridgehead atoms. The van der Waals surface area contributed by atoms with E-state index < -0.39 is 18.1 Å². The predicted octanol–water partition coefficient (Wildman–Crippen LogP) is 1.67. The fraction of sp³-hybridized carbons (Fsp3) is 0.571. The van der Waals surface area contributed by atoms with Crippen LogP contribution in [-0.2, 0) is 14.4 Å². The molecule has 2 heterocycles. The summed E-state index contributed by atoms with van der Waals surface area (Å²) in [7, 11) is 0. The van der Waals surface area contributed by atoms with Crippen LogP contribution in [0.4, 0.5) is 5.69 Å². The zero-order valence-electron chi connectivity index (χ0n) is 18.2. The summed E-state index contributed by atoms with van der Waals surface area (Å²) in [6.45, 7) is 10.9. The molecule has 0 radical (unpaired) electrons. The first-order chi connectivity index (χ1) is 14.2. The van der Waals surface area contributed by atoms with Crippen LogP contribution < -0.4 is 9.64 Å². The van der Waals surface area contributed by atoms with Gasteiger partial charge in [0.2, 0.25) is 0 Å². The average Bonchev–Trinajstić information content (AvgIpc) is 3.10. The van der Waals surface area contributed by atoms with Gasteiger partial charge < -0.3 is 14.5 Å². The minimum absolute atomic E-state index is 0.0172. The van der Waals surface area contributed by atoms with Crippen molar-refractivity contribution < 1.29 is 23.8 Å². The Morgan fingerprint density at radius 3 is 2.30 bits per heavy atom. The number of hydrogen-bond donors (Lipinski definition) is 0. The number of benzene rings is 1. The molecule has 1 aromatic carbocycles. The fourth-order valence-electron chi connectivity index (χ4n) is 4.01. The Hall–Kier alpha value is -2.97. The molecule has 9 nitrogen and oxygen atoms in total. The zero-order chi connectivity index (χ0) is 22.0. The Balaban J connectivity index is 1.85. The van der Waals surface area contributed by atoms with E-state index in [0.29, 0.717) is 19.7 Å². The third kappa shape index (κ3) is 4.15. The second-order valence-corrected chi connectivity index (χ2v) is 7.93. The highest BCUT2D eigenvalue weighted by Crippen LogP contribution is 2.28. The highest BCUT2D eigenvalue weighted by atomic mass is 16.5. The maximum atomic E-state index is 12.8. The first kappa shape index (κ1) is 21.7. The van der Waals surface area contributed by atoms with Gasteiger partial charge in [-0.3, -0.25) is 14.5 Å². The van der Waals surface area contributed by atoms with Gasteiger partial charge in [-0.1, -0.05) is 0 Å². The van der Waals surface area contributed by atoms with Gasteiger partial charge in [-0.2, -0.15) is 0 Å². The van der Waals surface area contributed by atoms with E-state index in [4.69, 9.17) is 4.74 Å². The molecule has 2 aliphatic rings. The number of nitrogens with zero attached hydrogens (tertiary/aromatic N) is 5. The molecule has 1 fully saturated rings. The highest BCUT2D eigenvalue weighted by Gasteiger charge is 2.50. The van der Waals surface area contributed by atoms with Crippen molar-refractivity contribution in [3.8, 4) is 5.75 Å². The lowest BCUT2D eigenvalue weighted by molar-refractivity contribution is -0.510. The lowest BCUT2D eigenvalue weighted by atomic mass is 10.2. The molecule has 2 aliphatic heterocycles. The Labute approximate surface area is 176 Å². The maximum Gasteiger partial charge on any atom is 0.502 e. The van der Waals surface area contributed by atoms with Crippen LogP contribution in [0.2, 0.25) is 0 Å². The van der Waals surface area contributed by atoms with Crippen molar-refractivity contribution in [1.82, 2.24) is 9.80 Å². The van der Waals surface area contributed by atoms with E-state index in [-0.39, 0.29) is 24.5 Å². The number of fused-ring (bicyclic) bond motifs is 1. The minimum atomic E-state index is -0.763. The normalized spacial score (nSPS) is 18.8. The van der Waals surface area contributed by atoms with Crippen molar-refractivity contribution in [2.24, 2.45) is 5.11 Å². The number of anilines is 1. The van der Waals surface area contributed by atoms with E-state index >= 15 is 0 Å². The lowest BCUT2D eigenvalue weighted by Gasteiger charge is -2.30. The van der Waals surface area contributed by atoms with Crippen LogP contribution in [-0.4, -0.2) is 76.8 Å². The third-order valence-electron chi connectivity index (χ3n) is 5.23. The Bertz CT molecular complexity index is 841. The van der Waals surface area contributed by atoms with E-state index in [9.17, 15) is 14.4 Å². The molecule has 1 unspecified atom stereocenters. The summed E-state index contributed by atoms with van der Waals surface area (Å²) in [6, 6.07) is 7.50. The number of rotatable bonds is 7. The molecule has 0 aromatic heterocycles. The Kier molecular flexibility index (Phi) is 6.38. The number of carbonyl (C=O) groups is 3. The molecule has 3 amide bonds. The smallest absolute Gasteiger partial charge is 0.494 e. The van der Waals surface area contributed by atoms with Gasteiger partial charge in [-0.15, -0.1) is 0 Å². The zero-order valence-corrected chi connectivity index (χ0v) is 18.2. The highest BCUT2D eigenvalue weighted by molar-refractivity contribution is 6.31. The number of azo groups is 2. The van der Waals surface area contributed by atoms with E-state index in [0.717, 1.165) is 16.1 Å². The number of carbonyl (C=O) groups excluding carboxylic acids is 3. The molecule has 30 heavy (non-hydrogen) atoms. The SMILES string of the molecule is CCOc1ccc(N2CCN3C(=O)C(=O)[N+](CC(=O)N(C(C)C)C(C)C)=NC32)cc1. The molecule has 1 aromatic rings. The topological polar surface area (TPSA) is 85.5 Å². The molecule has 3 rings (SSSR count). The molecule has 0 saturated carbocycles. The summed E-state index contributed by atoms with van der Waals surface area (Å²) in [4.78, 5) is 43.1. The number of hydrogen-bond acceptors (Lipinski definition) is 6. The molecule has 1 atom stereocenters. The van der Waals surface area contributed by atoms with Crippen molar-refractivity contribution in [1.29, 1.82) is 0 Å². The fourth-order valence-corrected chi connectivity index (χ4v) is 4.01. The summed E-state index contributed by atoms with van der Waals surface area (Å²) >= 11 is 0. The van der Waals surface area contributed by atoms with Crippen LogP contribution in [0.5, 0.6) is 5.75 Å². The van der Waals surface area contributed by atoms with Gasteiger partial charge in [-0.05, 0) is 63.6 Å². The van der Waals surface area contributed by atoms with Crippen LogP contribution >= 0.6 is 0 Å². The summed E-state index contributed by atoms with van der Waals surface area (Å²) in [5, 5.41) is 4.47. The average molecular weight is 417 g/mol. The van der Waals surface area contributed by atoms with Gasteiger partial charge in [0, 0.05) is 36.0 Å². The lowest BCUT2D eigenvalue weighted by Crippen LogP contribution is -2.54. The molecule has 0 spiro atoms. The molecule has 9 heteroatoms. The second-order valence-electron chi connectivity index (χ2n) is 7.93. The van der Waals surface area contributed by atoms with Gasteiger partial charge in [0.25, 0.3) is 18.7 Å². The molecule has 0 aliphatic carbocycles. The van der Waals surface area contributed by atoms with Gasteiger partial charge in [-0.25, -0.2) is 4.79 Å². The van der Waals surface area contributed by atoms with Crippen molar-refractivity contribution in [2.45, 2.75) is 53.0 Å². The van der Waals surface area contributed by atoms with Crippen molar-refractivity contribution in [3.63, 3.8) is 0 Å². The van der Waals surface area contributed by atoms with Crippen molar-refractivity contribution >= 4 is 23.4 Å². The Morgan fingerprint density at radius 1 is 1.13 bits per heavy atom. The van der Waals surface area contributed by atoms with Gasteiger partial charge in [0.15, 0.2) is 0 Å². The van der Waals surface area contributed by atoms with Gasteiger partial charge in [0.1, 0.15) is 5.75 Å². The molecular formula is C21H30N5O4+. The molecule has 1 saturated heterocycles. The predicted molar refractivity (Wildman–Crippen MR) is 110 cm³/mol. The molecule has 0 N–H and O–H groups in total. The Morgan fingerprint density at radius 2 is 1.73 bits per heavy atom. The van der Waals surface area contributed by atoms with Crippen LogP contribution in [0.1, 0.15) is 34.6 Å². The van der Waals surface area contributed by atoms with Crippen LogP contribution in [0, 0.1) is 0 Å². The summed E-state index contributed by atoms with van der Waals surface area (Å²) in [5.41, 5.74) is 0.870. The van der Waals surface area contributed by atoms with Crippen molar-refractivity contribution in [2.75, 3.05) is 31.1 Å². The number of ether oxygens (including phenoxy) is 1. The van der Waals surface area contributed by atoms with Crippen LogP contribution in [0.3, 0.4) is 0 Å². The summed E-state index contributed by atoms with van der Waals surface area (Å²) < 4.78 is 6.51. The quantitative estimate of drug-likeness (QED) is 0.499. The second kappa shape index (κ2) is 8.81. The largest absolute Gasteiger partial charge is 0.502 e. The van der Waals surface area contributed by atoms with Crippen LogP contribution in [0.25, 0.3) is 0 Å².